The normalized spacial score (nSPS) is 17.9. The number of benzene rings is 3. The van der Waals surface area contributed by atoms with Gasteiger partial charge in [0.1, 0.15) is 11.5 Å². The molecule has 2 amide bonds. The van der Waals surface area contributed by atoms with Gasteiger partial charge in [0.25, 0.3) is 0 Å². The zero-order chi connectivity index (χ0) is 22.5. The summed E-state index contributed by atoms with van der Waals surface area (Å²) in [5.74, 6) is 1.45. The second-order valence-corrected chi connectivity index (χ2v) is 8.07. The Labute approximate surface area is 191 Å². The van der Waals surface area contributed by atoms with E-state index in [1.54, 1.807) is 12.1 Å². The number of rotatable bonds is 6. The van der Waals surface area contributed by atoms with Gasteiger partial charge in [-0.05, 0) is 74.8 Å². The van der Waals surface area contributed by atoms with Gasteiger partial charge in [-0.15, -0.1) is 0 Å². The lowest BCUT2D eigenvalue weighted by Gasteiger charge is -2.22. The van der Waals surface area contributed by atoms with Gasteiger partial charge < -0.3 is 30.3 Å². The summed E-state index contributed by atoms with van der Waals surface area (Å²) >= 11 is 0. The van der Waals surface area contributed by atoms with Crippen LogP contribution in [-0.4, -0.2) is 55.4 Å². The minimum absolute atomic E-state index is 0. The van der Waals surface area contributed by atoms with Crippen LogP contribution in [0, 0.1) is 0 Å². The molecule has 7 nitrogen and oxygen atoms in total. The lowest BCUT2D eigenvalue weighted by molar-refractivity contribution is 0.114. The molecule has 3 N–H and O–H groups in total. The van der Waals surface area contributed by atoms with E-state index < -0.39 is 0 Å². The van der Waals surface area contributed by atoms with E-state index >= 15 is 0 Å². The molecule has 2 atom stereocenters. The molecule has 1 saturated heterocycles. The highest BCUT2D eigenvalue weighted by Crippen LogP contribution is 2.25. The molecule has 170 valence electrons. The number of nitrogens with zero attached hydrogens (tertiary/aromatic N) is 2. The van der Waals surface area contributed by atoms with Gasteiger partial charge in [-0.3, -0.25) is 0 Å². The van der Waals surface area contributed by atoms with Gasteiger partial charge in [-0.2, -0.15) is 0 Å². The van der Waals surface area contributed by atoms with Gasteiger partial charge in [-0.1, -0.05) is 18.2 Å². The van der Waals surface area contributed by atoms with Crippen LogP contribution in [0.2, 0.25) is 0 Å². The minimum atomic E-state index is -0.377. The van der Waals surface area contributed by atoms with Crippen molar-refractivity contribution in [3.05, 3.63) is 78.9 Å². The van der Waals surface area contributed by atoms with Crippen LogP contribution in [0.3, 0.4) is 0 Å². The Morgan fingerprint density at radius 1 is 0.906 bits per heavy atom. The Balaban J connectivity index is 0.00000204. The first-order chi connectivity index (χ1) is 15.5. The third-order valence-corrected chi connectivity index (χ3v) is 5.50. The van der Waals surface area contributed by atoms with Crippen LogP contribution in [0.1, 0.15) is 2.85 Å². The van der Waals surface area contributed by atoms with Crippen molar-refractivity contribution >= 4 is 23.1 Å². The number of nitrogens with one attached hydrogen (secondary N) is 2. The first-order valence-corrected chi connectivity index (χ1v) is 10.6. The number of likely N-dealkylation sites (N-methyl/N-ethyl adjacent to an activating group) is 1. The van der Waals surface area contributed by atoms with Crippen molar-refractivity contribution in [2.75, 3.05) is 42.7 Å². The van der Waals surface area contributed by atoms with E-state index in [9.17, 15) is 9.90 Å². The van der Waals surface area contributed by atoms with E-state index in [0.717, 1.165) is 18.0 Å². The van der Waals surface area contributed by atoms with Crippen molar-refractivity contribution in [2.45, 2.75) is 12.1 Å². The number of para-hydroxylation sites is 1. The maximum atomic E-state index is 12.4. The molecule has 1 heterocycles. The van der Waals surface area contributed by atoms with E-state index in [4.69, 9.17) is 4.74 Å². The summed E-state index contributed by atoms with van der Waals surface area (Å²) in [6.07, 6.45) is -0.377. The zero-order valence-corrected chi connectivity index (χ0v) is 18.2. The van der Waals surface area contributed by atoms with Crippen molar-refractivity contribution in [3.63, 3.8) is 0 Å². The van der Waals surface area contributed by atoms with Crippen molar-refractivity contribution in [3.8, 4) is 11.5 Å². The Bertz CT molecular complexity index is 1030. The van der Waals surface area contributed by atoms with Gasteiger partial charge in [0.2, 0.25) is 0 Å². The van der Waals surface area contributed by atoms with Gasteiger partial charge in [0.15, 0.2) is 0 Å². The van der Waals surface area contributed by atoms with Gasteiger partial charge in [0, 0.05) is 33.0 Å². The van der Waals surface area contributed by atoms with Crippen LogP contribution in [0.4, 0.5) is 21.9 Å². The smallest absolute Gasteiger partial charge is 0.323 e. The predicted molar refractivity (Wildman–Crippen MR) is 132 cm³/mol. The van der Waals surface area contributed by atoms with Crippen LogP contribution < -0.4 is 20.3 Å². The number of hydrogen-bond acceptors (Lipinski definition) is 5. The summed E-state index contributed by atoms with van der Waals surface area (Å²) in [6, 6.07) is 24.2. The summed E-state index contributed by atoms with van der Waals surface area (Å²) in [7, 11) is 3.96. The number of aliphatic hydroxyl groups excluding tert-OH is 1. The minimum Gasteiger partial charge on any atom is -0.457 e. The van der Waals surface area contributed by atoms with Gasteiger partial charge in [-0.25, -0.2) is 4.79 Å². The number of carbonyl (C=O) groups excluding carboxylic acids is 1. The quantitative estimate of drug-likeness (QED) is 0.521. The summed E-state index contributed by atoms with van der Waals surface area (Å²) in [6.45, 7) is 1.37. The molecule has 2 unspecified atom stereocenters. The van der Waals surface area contributed by atoms with Crippen LogP contribution in [-0.2, 0) is 0 Å². The maximum absolute atomic E-state index is 12.4. The third-order valence-electron chi connectivity index (χ3n) is 5.50. The first kappa shape index (κ1) is 21.7. The van der Waals surface area contributed by atoms with Gasteiger partial charge >= 0.3 is 6.03 Å². The van der Waals surface area contributed by atoms with Crippen LogP contribution >= 0.6 is 0 Å². The second-order valence-electron chi connectivity index (χ2n) is 8.07. The summed E-state index contributed by atoms with van der Waals surface area (Å²) in [4.78, 5) is 16.6. The molecule has 3 aromatic carbocycles. The number of carbonyl (C=O) groups is 1. The van der Waals surface area contributed by atoms with Crippen molar-refractivity contribution < 1.29 is 17.5 Å². The lowest BCUT2D eigenvalue weighted by Crippen LogP contribution is -2.37. The number of anilines is 3. The number of amides is 2. The predicted octanol–water partition coefficient (Wildman–Crippen LogP) is 4.73. The molecule has 0 aromatic heterocycles. The highest BCUT2D eigenvalue weighted by Gasteiger charge is 2.32. The molecule has 4 rings (SSSR count). The molecule has 32 heavy (non-hydrogen) atoms. The average Bonchev–Trinajstić information content (AvgIpc) is 3.18. The zero-order valence-electron chi connectivity index (χ0n) is 18.2. The van der Waals surface area contributed by atoms with E-state index in [2.05, 4.69) is 15.5 Å². The highest BCUT2D eigenvalue weighted by molar-refractivity contribution is 5.99. The molecule has 1 aliphatic heterocycles. The molecule has 1 aliphatic rings. The largest absolute Gasteiger partial charge is 0.457 e. The summed E-state index contributed by atoms with van der Waals surface area (Å²) < 4.78 is 5.76. The van der Waals surface area contributed by atoms with Crippen LogP contribution in [0.15, 0.2) is 78.9 Å². The average molecular weight is 437 g/mol. The lowest BCUT2D eigenvalue weighted by atomic mass is 10.2. The number of β-amino-alcohol motifs (C(OH)–C–C–N with tert-alkyl or cyclic N) is 1. The molecule has 0 spiro atoms. The topological polar surface area (TPSA) is 77.1 Å². The number of aliphatic hydroxyl groups is 1. The molecule has 7 heteroatoms. The van der Waals surface area contributed by atoms with E-state index in [1.807, 2.05) is 85.7 Å². The first-order valence-electron chi connectivity index (χ1n) is 10.6. The molecule has 1 fully saturated rings. The van der Waals surface area contributed by atoms with Gasteiger partial charge in [0.05, 0.1) is 12.1 Å². The third kappa shape index (κ3) is 5.38. The molecule has 0 aliphatic carbocycles. The Hall–Kier alpha value is -3.55. The highest BCUT2D eigenvalue weighted by atomic mass is 16.5. The second kappa shape index (κ2) is 9.72. The van der Waals surface area contributed by atoms with E-state index in [0.29, 0.717) is 23.7 Å². The summed E-state index contributed by atoms with van der Waals surface area (Å²) in [5, 5.41) is 15.9. The Morgan fingerprint density at radius 3 is 2.03 bits per heavy atom. The molecule has 3 aromatic rings. The standard InChI is InChI=1S/C25H28N4O3.2H2/c1-28(2)23-16-29(17-24(23)30)20-12-8-18(9-13-20)26-25(31)27-19-10-14-22(15-11-19)32-21-6-4-3-5-7-21;;/h3-15,23-24,30H,16-17H2,1-2H3,(H2,26,27,31);2*1H. The maximum Gasteiger partial charge on any atom is 0.323 e. The van der Waals surface area contributed by atoms with E-state index in [-0.39, 0.29) is 21.0 Å². The molecular weight excluding hydrogens is 404 g/mol. The van der Waals surface area contributed by atoms with Crippen LogP contribution in [0.5, 0.6) is 11.5 Å². The van der Waals surface area contributed by atoms with Crippen molar-refractivity contribution in [2.24, 2.45) is 0 Å². The van der Waals surface area contributed by atoms with E-state index in [1.165, 1.54) is 0 Å². The Morgan fingerprint density at radius 2 is 1.47 bits per heavy atom. The number of urea groups is 1. The fourth-order valence-corrected chi connectivity index (χ4v) is 3.77. The summed E-state index contributed by atoms with van der Waals surface area (Å²) in [5.41, 5.74) is 2.38. The SMILES string of the molecule is CN(C)C1CN(c2ccc(NC(=O)Nc3ccc(Oc4ccccc4)cc3)cc2)CC1O.[HH].[HH]. The number of ether oxygens (including phenoxy) is 1. The fourth-order valence-electron chi connectivity index (χ4n) is 3.77. The molecule has 0 saturated carbocycles. The fraction of sp³-hybridized carbons (Fsp3) is 0.240. The molecule has 0 radical (unpaired) electrons. The molecule has 0 bridgehead atoms. The molecular formula is C25H32N4O3. The van der Waals surface area contributed by atoms with Crippen LogP contribution in [0.25, 0.3) is 0 Å². The Kier molecular flexibility index (Phi) is 6.58. The number of hydrogen-bond donors (Lipinski definition) is 3. The monoisotopic (exact) mass is 436 g/mol. The van der Waals surface area contributed by atoms with Crippen molar-refractivity contribution in [1.29, 1.82) is 0 Å². The van der Waals surface area contributed by atoms with Crippen molar-refractivity contribution in [1.82, 2.24) is 4.90 Å².